The number of carbonyl (C=O) groups excluding carboxylic acids is 2. The van der Waals surface area contributed by atoms with Crippen molar-refractivity contribution < 1.29 is 24.2 Å². The van der Waals surface area contributed by atoms with E-state index in [0.29, 0.717) is 12.8 Å². The van der Waals surface area contributed by atoms with Crippen molar-refractivity contribution in [3.63, 3.8) is 0 Å². The Bertz CT molecular complexity index is 840. The fraction of sp³-hybridized carbons (Fsp3) is 0.925. The predicted octanol–water partition coefficient (Wildman–Crippen LogP) is 17.2. The van der Waals surface area contributed by atoms with Gasteiger partial charge in [-0.3, -0.25) is 9.59 Å². The van der Waals surface area contributed by atoms with Crippen molar-refractivity contribution in [2.24, 2.45) is 0 Å². The Morgan fingerprint density at radius 3 is 0.983 bits per heavy atom. The number of aliphatic hydroxyl groups is 1. The first-order chi connectivity index (χ1) is 28.6. The van der Waals surface area contributed by atoms with Gasteiger partial charge >= 0.3 is 11.9 Å². The fourth-order valence-electron chi connectivity index (χ4n) is 8.09. The summed E-state index contributed by atoms with van der Waals surface area (Å²) in [4.78, 5) is 24.4. The van der Waals surface area contributed by atoms with Crippen LogP contribution >= 0.6 is 0 Å². The van der Waals surface area contributed by atoms with Gasteiger partial charge in [-0.15, -0.1) is 0 Å². The monoisotopic (exact) mass is 819 g/mol. The molecule has 5 heteroatoms. The van der Waals surface area contributed by atoms with Crippen molar-refractivity contribution in [1.82, 2.24) is 0 Å². The smallest absolute Gasteiger partial charge is 0.306 e. The van der Waals surface area contributed by atoms with Crippen molar-refractivity contribution in [3.05, 3.63) is 12.2 Å². The van der Waals surface area contributed by atoms with Crippen LogP contribution in [0.2, 0.25) is 0 Å². The molecule has 5 nitrogen and oxygen atoms in total. The molecular weight excluding hydrogens is 717 g/mol. The molecule has 0 rings (SSSR count). The van der Waals surface area contributed by atoms with Gasteiger partial charge in [-0.2, -0.15) is 0 Å². The summed E-state index contributed by atoms with van der Waals surface area (Å²) in [6.45, 7) is 4.17. The predicted molar refractivity (Wildman–Crippen MR) is 252 cm³/mol. The van der Waals surface area contributed by atoms with E-state index in [4.69, 9.17) is 9.47 Å². The number of rotatable bonds is 49. The summed E-state index contributed by atoms with van der Waals surface area (Å²) in [5, 5.41) is 9.62. The second-order valence-electron chi connectivity index (χ2n) is 18.0. The maximum atomic E-state index is 12.2. The Hall–Kier alpha value is -1.36. The molecule has 1 atom stereocenters. The average molecular weight is 819 g/mol. The van der Waals surface area contributed by atoms with Crippen LogP contribution in [0.1, 0.15) is 296 Å². The molecule has 0 saturated heterocycles. The first-order valence-corrected chi connectivity index (χ1v) is 26.2. The zero-order valence-corrected chi connectivity index (χ0v) is 39.3. The number of unbranched alkanes of at least 4 members (excludes halogenated alkanes) is 39. The van der Waals surface area contributed by atoms with Gasteiger partial charge in [0.25, 0.3) is 0 Å². The highest BCUT2D eigenvalue weighted by Crippen LogP contribution is 2.17. The van der Waals surface area contributed by atoms with Gasteiger partial charge in [-0.05, 0) is 32.1 Å². The van der Waals surface area contributed by atoms with Crippen molar-refractivity contribution >= 4 is 11.9 Å². The van der Waals surface area contributed by atoms with E-state index < -0.39 is 6.10 Å². The average Bonchev–Trinajstić information content (AvgIpc) is 3.23. The maximum absolute atomic E-state index is 12.2. The van der Waals surface area contributed by atoms with Crippen LogP contribution in [0, 0.1) is 0 Å². The molecule has 0 saturated carbocycles. The number of carbonyl (C=O) groups is 2. The lowest BCUT2D eigenvalue weighted by atomic mass is 10.0. The molecule has 0 fully saturated rings. The molecule has 0 aliphatic carbocycles. The third-order valence-corrected chi connectivity index (χ3v) is 12.1. The molecule has 0 aliphatic heterocycles. The highest BCUT2D eigenvalue weighted by Gasteiger charge is 2.16. The molecule has 0 aliphatic rings. The van der Waals surface area contributed by atoms with Crippen molar-refractivity contribution in [1.29, 1.82) is 0 Å². The zero-order chi connectivity index (χ0) is 42.1. The first kappa shape index (κ1) is 56.6. The van der Waals surface area contributed by atoms with Crippen LogP contribution < -0.4 is 0 Å². The Morgan fingerprint density at radius 2 is 0.655 bits per heavy atom. The summed E-state index contributed by atoms with van der Waals surface area (Å²) >= 11 is 0. The van der Waals surface area contributed by atoms with Crippen molar-refractivity contribution in [2.75, 3.05) is 13.2 Å². The van der Waals surface area contributed by atoms with Crippen LogP contribution in [-0.4, -0.2) is 36.4 Å². The zero-order valence-electron chi connectivity index (χ0n) is 39.3. The van der Waals surface area contributed by atoms with Crippen molar-refractivity contribution in [3.8, 4) is 0 Å². The van der Waals surface area contributed by atoms with Gasteiger partial charge in [0, 0.05) is 12.8 Å². The molecule has 0 bridgehead atoms. The molecule has 0 aromatic heterocycles. The normalized spacial score (nSPS) is 12.1. The number of hydrogen-bond acceptors (Lipinski definition) is 5. The van der Waals surface area contributed by atoms with Gasteiger partial charge in [0.15, 0.2) is 6.10 Å². The van der Waals surface area contributed by atoms with Crippen LogP contribution in [0.15, 0.2) is 12.2 Å². The lowest BCUT2D eigenvalue weighted by Gasteiger charge is -2.15. The minimum Gasteiger partial charge on any atom is -0.462 e. The summed E-state index contributed by atoms with van der Waals surface area (Å²) < 4.78 is 10.7. The van der Waals surface area contributed by atoms with Crippen LogP contribution in [-0.2, 0) is 19.1 Å². The number of hydrogen-bond donors (Lipinski definition) is 1. The summed E-state index contributed by atoms with van der Waals surface area (Å²) in [6.07, 6.45) is 60.4. The van der Waals surface area contributed by atoms with Gasteiger partial charge in [0.2, 0.25) is 0 Å². The van der Waals surface area contributed by atoms with Gasteiger partial charge in [-0.1, -0.05) is 264 Å². The molecule has 0 spiro atoms. The van der Waals surface area contributed by atoms with Crippen molar-refractivity contribution in [2.45, 2.75) is 302 Å². The standard InChI is InChI=1S/C53H102O5/c1-3-5-7-9-11-13-15-17-19-21-23-25-26-28-30-32-34-36-38-40-42-44-46-48-53(56)58-51(49-54)50-57-52(55)47-45-43-41-39-37-35-33-31-29-27-24-22-20-18-16-14-12-10-8-6-4-2/h40,42,51,54H,3-39,41,43-50H2,1-2H3/b42-40+/t51-/m0/s1. The van der Waals surface area contributed by atoms with E-state index in [0.717, 1.165) is 38.5 Å². The summed E-state index contributed by atoms with van der Waals surface area (Å²) in [5.74, 6) is -0.608. The number of allylic oxidation sites excluding steroid dienone is 2. The molecule has 0 amide bonds. The molecule has 0 radical (unpaired) electrons. The van der Waals surface area contributed by atoms with Crippen LogP contribution in [0.25, 0.3) is 0 Å². The third-order valence-electron chi connectivity index (χ3n) is 12.1. The van der Waals surface area contributed by atoms with Gasteiger partial charge in [0.1, 0.15) is 6.61 Å². The molecule has 0 unspecified atom stereocenters. The maximum Gasteiger partial charge on any atom is 0.306 e. The number of esters is 2. The van der Waals surface area contributed by atoms with E-state index in [-0.39, 0.29) is 25.2 Å². The Balaban J connectivity index is 3.46. The molecule has 0 aromatic rings. The van der Waals surface area contributed by atoms with E-state index in [1.807, 2.05) is 0 Å². The number of aliphatic hydroxyl groups excluding tert-OH is 1. The summed E-state index contributed by atoms with van der Waals surface area (Å²) in [7, 11) is 0. The molecule has 0 aromatic carbocycles. The molecule has 0 heterocycles. The second kappa shape index (κ2) is 50.0. The largest absolute Gasteiger partial charge is 0.462 e. The van der Waals surface area contributed by atoms with Crippen LogP contribution in [0.5, 0.6) is 0 Å². The van der Waals surface area contributed by atoms with Crippen LogP contribution in [0.4, 0.5) is 0 Å². The number of ether oxygens (including phenoxy) is 2. The highest BCUT2D eigenvalue weighted by molar-refractivity contribution is 5.70. The Morgan fingerprint density at radius 1 is 0.379 bits per heavy atom. The molecule has 344 valence electrons. The molecule has 1 N–H and O–H groups in total. The van der Waals surface area contributed by atoms with E-state index in [1.165, 1.54) is 231 Å². The lowest BCUT2D eigenvalue weighted by Crippen LogP contribution is -2.28. The third kappa shape index (κ3) is 47.3. The topological polar surface area (TPSA) is 72.8 Å². The van der Waals surface area contributed by atoms with E-state index >= 15 is 0 Å². The van der Waals surface area contributed by atoms with Gasteiger partial charge < -0.3 is 14.6 Å². The Labute approximate surface area is 362 Å². The quantitative estimate of drug-likeness (QED) is 0.0376. The summed E-state index contributed by atoms with van der Waals surface area (Å²) in [6, 6.07) is 0. The highest BCUT2D eigenvalue weighted by atomic mass is 16.6. The van der Waals surface area contributed by atoms with Gasteiger partial charge in [0.05, 0.1) is 6.61 Å². The van der Waals surface area contributed by atoms with E-state index in [9.17, 15) is 14.7 Å². The minimum absolute atomic E-state index is 0.0698. The lowest BCUT2D eigenvalue weighted by molar-refractivity contribution is -0.161. The molecule has 58 heavy (non-hydrogen) atoms. The van der Waals surface area contributed by atoms with Crippen LogP contribution in [0.3, 0.4) is 0 Å². The second-order valence-corrected chi connectivity index (χ2v) is 18.0. The minimum atomic E-state index is -0.781. The fourth-order valence-corrected chi connectivity index (χ4v) is 8.09. The van der Waals surface area contributed by atoms with Gasteiger partial charge in [-0.25, -0.2) is 0 Å². The molecular formula is C53H102O5. The summed E-state index contributed by atoms with van der Waals surface area (Å²) in [5.41, 5.74) is 0. The Kier molecular flexibility index (Phi) is 48.8. The van der Waals surface area contributed by atoms with E-state index in [1.54, 1.807) is 0 Å². The van der Waals surface area contributed by atoms with E-state index in [2.05, 4.69) is 26.0 Å². The SMILES string of the molecule is CCCCCCCCCCCCCCCCCCCC/C=C/CCCC(=O)O[C@@H](CO)COC(=O)CCCCCCCCCCCCCCCCCCCCCCC. The first-order valence-electron chi connectivity index (χ1n) is 26.2.